The SMILES string of the molecule is Cc1ccc(C(=O)N[C@H](C)c2ccc(-n3ccnc3)cc2)cc1S(=O)(=O)N1CCOCC1. The molecule has 168 valence electrons. The van der Waals surface area contributed by atoms with E-state index in [2.05, 4.69) is 10.3 Å². The largest absolute Gasteiger partial charge is 0.379 e. The van der Waals surface area contributed by atoms with Gasteiger partial charge in [-0.2, -0.15) is 4.31 Å². The lowest BCUT2D eigenvalue weighted by molar-refractivity contribution is 0.0730. The monoisotopic (exact) mass is 454 g/mol. The van der Waals surface area contributed by atoms with Gasteiger partial charge in [0.15, 0.2) is 0 Å². The van der Waals surface area contributed by atoms with E-state index in [1.54, 1.807) is 31.6 Å². The van der Waals surface area contributed by atoms with E-state index in [1.807, 2.05) is 42.0 Å². The maximum Gasteiger partial charge on any atom is 0.251 e. The first-order valence-corrected chi connectivity index (χ1v) is 11.9. The summed E-state index contributed by atoms with van der Waals surface area (Å²) in [6, 6.07) is 12.3. The highest BCUT2D eigenvalue weighted by Crippen LogP contribution is 2.23. The molecule has 4 rings (SSSR count). The van der Waals surface area contributed by atoms with Crippen molar-refractivity contribution in [2.24, 2.45) is 0 Å². The number of carbonyl (C=O) groups excluding carboxylic acids is 1. The number of ether oxygens (including phenoxy) is 1. The van der Waals surface area contributed by atoms with Gasteiger partial charge < -0.3 is 14.6 Å². The van der Waals surface area contributed by atoms with Crippen LogP contribution in [0.1, 0.15) is 34.5 Å². The van der Waals surface area contributed by atoms with Crippen LogP contribution in [0.4, 0.5) is 0 Å². The predicted molar refractivity (Wildman–Crippen MR) is 120 cm³/mol. The number of morpholine rings is 1. The first-order valence-electron chi connectivity index (χ1n) is 10.4. The Labute approximate surface area is 187 Å². The minimum absolute atomic E-state index is 0.157. The van der Waals surface area contributed by atoms with Gasteiger partial charge in [0, 0.05) is 36.7 Å². The number of hydrogen-bond donors (Lipinski definition) is 1. The number of nitrogens with zero attached hydrogens (tertiary/aromatic N) is 3. The Balaban J connectivity index is 1.50. The molecule has 0 radical (unpaired) electrons. The van der Waals surface area contributed by atoms with E-state index in [-0.39, 0.29) is 16.8 Å². The van der Waals surface area contributed by atoms with E-state index < -0.39 is 10.0 Å². The number of imidazole rings is 1. The first-order chi connectivity index (χ1) is 15.4. The molecular weight excluding hydrogens is 428 g/mol. The molecule has 3 aromatic rings. The van der Waals surface area contributed by atoms with Gasteiger partial charge in [0.05, 0.1) is 30.5 Å². The topological polar surface area (TPSA) is 93.5 Å². The number of rotatable bonds is 6. The van der Waals surface area contributed by atoms with Crippen molar-refractivity contribution in [2.45, 2.75) is 24.8 Å². The molecule has 0 aliphatic carbocycles. The Kier molecular flexibility index (Phi) is 6.40. The normalized spacial score (nSPS) is 15.9. The van der Waals surface area contributed by atoms with Gasteiger partial charge in [0.1, 0.15) is 0 Å². The fourth-order valence-electron chi connectivity index (χ4n) is 3.66. The Morgan fingerprint density at radius 2 is 1.84 bits per heavy atom. The molecule has 1 saturated heterocycles. The van der Waals surface area contributed by atoms with E-state index in [4.69, 9.17) is 4.74 Å². The second-order valence-electron chi connectivity index (χ2n) is 7.75. The van der Waals surface area contributed by atoms with E-state index in [9.17, 15) is 13.2 Å². The zero-order valence-electron chi connectivity index (χ0n) is 18.1. The first kappa shape index (κ1) is 22.2. The summed E-state index contributed by atoms with van der Waals surface area (Å²) >= 11 is 0. The van der Waals surface area contributed by atoms with E-state index in [0.29, 0.717) is 37.4 Å². The molecule has 0 bridgehead atoms. The molecule has 0 unspecified atom stereocenters. The van der Waals surface area contributed by atoms with Gasteiger partial charge in [-0.25, -0.2) is 13.4 Å². The van der Waals surface area contributed by atoms with Crippen LogP contribution in [0.5, 0.6) is 0 Å². The van der Waals surface area contributed by atoms with Crippen molar-refractivity contribution in [3.05, 3.63) is 77.9 Å². The molecule has 1 aliphatic rings. The lowest BCUT2D eigenvalue weighted by atomic mass is 10.1. The van der Waals surface area contributed by atoms with Crippen molar-refractivity contribution in [3.8, 4) is 5.69 Å². The number of amides is 1. The number of hydrogen-bond acceptors (Lipinski definition) is 5. The Morgan fingerprint density at radius 1 is 1.12 bits per heavy atom. The van der Waals surface area contributed by atoms with E-state index in [0.717, 1.165) is 11.3 Å². The molecule has 9 heteroatoms. The number of sulfonamides is 1. The quantitative estimate of drug-likeness (QED) is 0.618. The summed E-state index contributed by atoms with van der Waals surface area (Å²) in [5.41, 5.74) is 2.83. The van der Waals surface area contributed by atoms with Crippen LogP contribution in [0.25, 0.3) is 5.69 Å². The highest BCUT2D eigenvalue weighted by atomic mass is 32.2. The predicted octanol–water partition coefficient (Wildman–Crippen LogP) is 2.69. The van der Waals surface area contributed by atoms with E-state index in [1.165, 1.54) is 10.4 Å². The van der Waals surface area contributed by atoms with Gasteiger partial charge in [0.25, 0.3) is 5.91 Å². The molecule has 1 aromatic heterocycles. The van der Waals surface area contributed by atoms with Crippen LogP contribution in [0, 0.1) is 6.92 Å². The molecule has 1 fully saturated rings. The molecule has 1 aliphatic heterocycles. The van der Waals surface area contributed by atoms with Crippen LogP contribution < -0.4 is 5.32 Å². The Hall–Kier alpha value is -3.01. The fraction of sp³-hybridized carbons (Fsp3) is 0.304. The van der Waals surface area contributed by atoms with Gasteiger partial charge in [-0.1, -0.05) is 18.2 Å². The molecule has 1 atom stereocenters. The summed E-state index contributed by atoms with van der Waals surface area (Å²) < 4.78 is 34.7. The number of aryl methyl sites for hydroxylation is 1. The summed E-state index contributed by atoms with van der Waals surface area (Å²) in [5, 5.41) is 2.96. The van der Waals surface area contributed by atoms with Crippen molar-refractivity contribution in [1.82, 2.24) is 19.2 Å². The molecular formula is C23H26N4O4S. The molecule has 1 amide bonds. The maximum atomic E-state index is 13.1. The standard InChI is InChI=1S/C23H26N4O4S/c1-17-3-4-20(15-22(17)32(29,30)27-11-13-31-14-12-27)23(28)25-18(2)19-5-7-21(8-6-19)26-10-9-24-16-26/h3-10,15-16,18H,11-14H2,1-2H3,(H,25,28)/t18-/m1/s1. The summed E-state index contributed by atoms with van der Waals surface area (Å²) in [6.45, 7) is 4.99. The van der Waals surface area contributed by atoms with Gasteiger partial charge in [0.2, 0.25) is 10.0 Å². The summed E-state index contributed by atoms with van der Waals surface area (Å²) in [6.07, 6.45) is 5.30. The molecule has 1 N–H and O–H groups in total. The van der Waals surface area contributed by atoms with Crippen molar-refractivity contribution in [1.29, 1.82) is 0 Å². The molecule has 2 heterocycles. The minimum Gasteiger partial charge on any atom is -0.379 e. The lowest BCUT2D eigenvalue weighted by Gasteiger charge is -2.27. The Morgan fingerprint density at radius 3 is 2.50 bits per heavy atom. The zero-order valence-corrected chi connectivity index (χ0v) is 18.9. The molecule has 32 heavy (non-hydrogen) atoms. The van der Waals surface area contributed by atoms with Crippen molar-refractivity contribution >= 4 is 15.9 Å². The third-order valence-corrected chi connectivity index (χ3v) is 7.62. The van der Waals surface area contributed by atoms with Crippen LogP contribution in [0.15, 0.2) is 66.1 Å². The van der Waals surface area contributed by atoms with Crippen LogP contribution in [-0.2, 0) is 14.8 Å². The molecule has 2 aromatic carbocycles. The summed E-state index contributed by atoms with van der Waals surface area (Å²) in [5.74, 6) is -0.324. The summed E-state index contributed by atoms with van der Waals surface area (Å²) in [4.78, 5) is 17.1. The minimum atomic E-state index is -3.69. The molecule has 0 spiro atoms. The average molecular weight is 455 g/mol. The second-order valence-corrected chi connectivity index (χ2v) is 9.66. The fourth-order valence-corrected chi connectivity index (χ4v) is 5.31. The number of benzene rings is 2. The zero-order chi connectivity index (χ0) is 22.7. The van der Waals surface area contributed by atoms with Crippen LogP contribution >= 0.6 is 0 Å². The highest BCUT2D eigenvalue weighted by molar-refractivity contribution is 7.89. The van der Waals surface area contributed by atoms with Crippen LogP contribution in [0.3, 0.4) is 0 Å². The van der Waals surface area contributed by atoms with Crippen molar-refractivity contribution in [3.63, 3.8) is 0 Å². The van der Waals surface area contributed by atoms with Gasteiger partial charge in [-0.3, -0.25) is 4.79 Å². The number of nitrogens with one attached hydrogen (secondary N) is 1. The van der Waals surface area contributed by atoms with Crippen molar-refractivity contribution < 1.29 is 17.9 Å². The van der Waals surface area contributed by atoms with Crippen LogP contribution in [0.2, 0.25) is 0 Å². The molecule has 8 nitrogen and oxygen atoms in total. The number of carbonyl (C=O) groups is 1. The van der Waals surface area contributed by atoms with Gasteiger partial charge >= 0.3 is 0 Å². The van der Waals surface area contributed by atoms with Gasteiger partial charge in [-0.05, 0) is 49.2 Å². The third kappa shape index (κ3) is 4.59. The van der Waals surface area contributed by atoms with E-state index >= 15 is 0 Å². The van der Waals surface area contributed by atoms with Crippen molar-refractivity contribution in [2.75, 3.05) is 26.3 Å². The Bertz CT molecular complexity index is 1190. The average Bonchev–Trinajstić information content (AvgIpc) is 3.35. The smallest absolute Gasteiger partial charge is 0.251 e. The molecule has 0 saturated carbocycles. The third-order valence-electron chi connectivity index (χ3n) is 5.58. The van der Waals surface area contributed by atoms with Crippen LogP contribution in [-0.4, -0.2) is 54.5 Å². The lowest BCUT2D eigenvalue weighted by Crippen LogP contribution is -2.41. The van der Waals surface area contributed by atoms with Gasteiger partial charge in [-0.15, -0.1) is 0 Å². The maximum absolute atomic E-state index is 13.1. The summed E-state index contributed by atoms with van der Waals surface area (Å²) in [7, 11) is -3.69. The highest BCUT2D eigenvalue weighted by Gasteiger charge is 2.28. The number of aromatic nitrogens is 2. The second kappa shape index (κ2) is 9.23.